The zero-order valence-electron chi connectivity index (χ0n) is 23.4. The number of carbonyl (C=O) groups excluding carboxylic acids is 2. The number of rotatable bonds is 12. The molecule has 0 aliphatic rings. The van der Waals surface area contributed by atoms with Crippen molar-refractivity contribution in [3.05, 3.63) is 101 Å². The Bertz CT molecular complexity index is 1360. The van der Waals surface area contributed by atoms with Crippen LogP contribution in [0.25, 0.3) is 0 Å². The van der Waals surface area contributed by atoms with Crippen LogP contribution in [0.2, 0.25) is 0 Å². The van der Waals surface area contributed by atoms with Crippen molar-refractivity contribution in [1.29, 1.82) is 0 Å². The lowest BCUT2D eigenvalue weighted by atomic mass is 10.0. The molecule has 0 fully saturated rings. The number of anilines is 1. The molecular weight excluding hydrogens is 510 g/mol. The van der Waals surface area contributed by atoms with Gasteiger partial charge in [0, 0.05) is 19.0 Å². The lowest BCUT2D eigenvalue weighted by molar-refractivity contribution is -0.140. The highest BCUT2D eigenvalue weighted by Gasteiger charge is 2.33. The number of nitrogens with one attached hydrogen (secondary N) is 1. The molecule has 2 amide bonds. The first-order valence-corrected chi connectivity index (χ1v) is 15.1. The maximum Gasteiger partial charge on any atom is 0.244 e. The van der Waals surface area contributed by atoms with Gasteiger partial charge in [0.25, 0.3) is 0 Å². The lowest BCUT2D eigenvalue weighted by Gasteiger charge is -2.34. The van der Waals surface area contributed by atoms with Gasteiger partial charge in [0.15, 0.2) is 0 Å². The van der Waals surface area contributed by atoms with Crippen molar-refractivity contribution in [3.63, 3.8) is 0 Å². The molecule has 0 saturated heterocycles. The number of aryl methyl sites for hydroxylation is 2. The van der Waals surface area contributed by atoms with Gasteiger partial charge in [0.2, 0.25) is 21.8 Å². The maximum absolute atomic E-state index is 14.0. The lowest BCUT2D eigenvalue weighted by Crippen LogP contribution is -2.54. The summed E-state index contributed by atoms with van der Waals surface area (Å²) in [4.78, 5) is 29.1. The second kappa shape index (κ2) is 13.4. The summed E-state index contributed by atoms with van der Waals surface area (Å²) < 4.78 is 26.8. The van der Waals surface area contributed by atoms with E-state index < -0.39 is 28.5 Å². The average molecular weight is 550 g/mol. The predicted molar refractivity (Wildman–Crippen MR) is 157 cm³/mol. The first-order valence-electron chi connectivity index (χ1n) is 13.2. The van der Waals surface area contributed by atoms with Gasteiger partial charge in [-0.3, -0.25) is 13.9 Å². The van der Waals surface area contributed by atoms with Crippen LogP contribution < -0.4 is 9.62 Å². The molecule has 0 saturated carbocycles. The Hall–Kier alpha value is -3.65. The topological polar surface area (TPSA) is 86.8 Å². The highest BCUT2D eigenvalue weighted by molar-refractivity contribution is 7.92. The number of sulfonamides is 1. The third-order valence-corrected chi connectivity index (χ3v) is 7.59. The van der Waals surface area contributed by atoms with E-state index in [1.165, 1.54) is 4.90 Å². The maximum atomic E-state index is 14.0. The number of amides is 2. The van der Waals surface area contributed by atoms with Crippen molar-refractivity contribution in [2.45, 2.75) is 59.2 Å². The van der Waals surface area contributed by atoms with Crippen LogP contribution >= 0.6 is 0 Å². The quantitative estimate of drug-likeness (QED) is 0.361. The zero-order valence-corrected chi connectivity index (χ0v) is 24.2. The fourth-order valence-corrected chi connectivity index (χ4v) is 5.30. The van der Waals surface area contributed by atoms with Crippen LogP contribution in [0.1, 0.15) is 43.0 Å². The number of benzene rings is 3. The minimum atomic E-state index is -3.78. The third-order valence-electron chi connectivity index (χ3n) is 6.45. The predicted octanol–water partition coefficient (Wildman–Crippen LogP) is 4.49. The molecule has 8 heteroatoms. The van der Waals surface area contributed by atoms with Gasteiger partial charge >= 0.3 is 0 Å². The first-order chi connectivity index (χ1) is 18.5. The molecule has 0 radical (unpaired) electrons. The third kappa shape index (κ3) is 8.68. The molecule has 0 heterocycles. The minimum absolute atomic E-state index is 0.128. The molecule has 0 aliphatic heterocycles. The number of nitrogens with zero attached hydrogens (tertiary/aromatic N) is 2. The highest BCUT2D eigenvalue weighted by atomic mass is 32.2. The van der Waals surface area contributed by atoms with Gasteiger partial charge in [0.05, 0.1) is 11.9 Å². The van der Waals surface area contributed by atoms with Crippen LogP contribution in [0.15, 0.2) is 78.9 Å². The smallest absolute Gasteiger partial charge is 0.244 e. The molecule has 0 aliphatic carbocycles. The Labute approximate surface area is 232 Å². The molecule has 7 nitrogen and oxygen atoms in total. The van der Waals surface area contributed by atoms with E-state index in [0.717, 1.165) is 39.2 Å². The zero-order chi connectivity index (χ0) is 28.6. The van der Waals surface area contributed by atoms with Gasteiger partial charge < -0.3 is 10.2 Å². The normalized spacial score (nSPS) is 12.2. The van der Waals surface area contributed by atoms with E-state index >= 15 is 0 Å². The summed E-state index contributed by atoms with van der Waals surface area (Å²) in [6.07, 6.45) is 2.20. The second-order valence-corrected chi connectivity index (χ2v) is 12.1. The largest absolute Gasteiger partial charge is 0.352 e. The van der Waals surface area contributed by atoms with Crippen molar-refractivity contribution >= 4 is 27.5 Å². The van der Waals surface area contributed by atoms with E-state index in [4.69, 9.17) is 0 Å². The van der Waals surface area contributed by atoms with Crippen LogP contribution in [0.4, 0.5) is 5.69 Å². The monoisotopic (exact) mass is 549 g/mol. The first kappa shape index (κ1) is 29.9. The molecule has 0 bridgehead atoms. The molecule has 0 spiro atoms. The van der Waals surface area contributed by atoms with E-state index in [0.29, 0.717) is 12.1 Å². The van der Waals surface area contributed by atoms with Crippen LogP contribution in [-0.4, -0.2) is 50.0 Å². The van der Waals surface area contributed by atoms with E-state index in [-0.39, 0.29) is 18.5 Å². The summed E-state index contributed by atoms with van der Waals surface area (Å²) in [5.41, 5.74) is 4.26. The summed E-state index contributed by atoms with van der Waals surface area (Å²) in [5, 5.41) is 2.96. The Morgan fingerprint density at radius 3 is 2.08 bits per heavy atom. The Balaban J connectivity index is 2.04. The van der Waals surface area contributed by atoms with E-state index in [1.807, 2.05) is 94.4 Å². The molecular formula is C31H39N3O4S. The molecule has 1 unspecified atom stereocenters. The molecule has 1 N–H and O–H groups in total. The Morgan fingerprint density at radius 1 is 0.872 bits per heavy atom. The second-order valence-electron chi connectivity index (χ2n) is 10.2. The van der Waals surface area contributed by atoms with Gasteiger partial charge in [-0.15, -0.1) is 0 Å². The summed E-state index contributed by atoms with van der Waals surface area (Å²) in [6, 6.07) is 23.5. The average Bonchev–Trinajstić information content (AvgIpc) is 2.89. The fraction of sp³-hybridized carbons (Fsp3) is 0.355. The van der Waals surface area contributed by atoms with Crippen molar-refractivity contribution < 1.29 is 18.0 Å². The Kier molecular flexibility index (Phi) is 10.3. The number of hydrogen-bond acceptors (Lipinski definition) is 4. The molecule has 208 valence electrons. The van der Waals surface area contributed by atoms with Gasteiger partial charge in [-0.25, -0.2) is 8.42 Å². The van der Waals surface area contributed by atoms with Crippen molar-refractivity contribution in [2.75, 3.05) is 17.1 Å². The fourth-order valence-electron chi connectivity index (χ4n) is 4.45. The van der Waals surface area contributed by atoms with Crippen LogP contribution in [0, 0.1) is 6.92 Å². The Morgan fingerprint density at radius 2 is 1.51 bits per heavy atom. The number of carbonyl (C=O) groups is 2. The van der Waals surface area contributed by atoms with Crippen LogP contribution in [0.3, 0.4) is 0 Å². The molecule has 0 aromatic heterocycles. The van der Waals surface area contributed by atoms with E-state index in [2.05, 4.69) is 5.32 Å². The van der Waals surface area contributed by atoms with Crippen LogP contribution in [0.5, 0.6) is 0 Å². The molecule has 39 heavy (non-hydrogen) atoms. The van der Waals surface area contributed by atoms with Gasteiger partial charge in [0.1, 0.15) is 12.6 Å². The van der Waals surface area contributed by atoms with Gasteiger partial charge in [-0.05, 0) is 56.0 Å². The van der Waals surface area contributed by atoms with E-state index in [1.54, 1.807) is 12.1 Å². The van der Waals surface area contributed by atoms with Crippen LogP contribution in [-0.2, 0) is 39.0 Å². The summed E-state index contributed by atoms with van der Waals surface area (Å²) in [7, 11) is -3.78. The van der Waals surface area contributed by atoms with Gasteiger partial charge in [-0.1, -0.05) is 79.2 Å². The summed E-state index contributed by atoms with van der Waals surface area (Å²) >= 11 is 0. The SMILES string of the molecule is CCc1ccc(N(CC(=O)N(Cc2cccc(C)c2)C(Cc2ccccc2)C(=O)NC(C)C)S(C)(=O)=O)cc1. The molecule has 3 aromatic carbocycles. The minimum Gasteiger partial charge on any atom is -0.352 e. The van der Waals surface area contributed by atoms with Crippen molar-refractivity contribution in [1.82, 2.24) is 10.2 Å². The van der Waals surface area contributed by atoms with Gasteiger partial charge in [-0.2, -0.15) is 0 Å². The molecule has 1 atom stereocenters. The number of hydrogen-bond donors (Lipinski definition) is 1. The summed E-state index contributed by atoms with van der Waals surface area (Å²) in [6.45, 7) is 7.47. The molecule has 3 aromatic rings. The molecule has 3 rings (SSSR count). The van der Waals surface area contributed by atoms with E-state index in [9.17, 15) is 18.0 Å². The van der Waals surface area contributed by atoms with Crippen molar-refractivity contribution in [3.8, 4) is 0 Å². The standard InChI is InChI=1S/C31H39N3O4S/c1-6-25-15-17-28(18-16-25)34(39(5,37)38)22-30(35)33(21-27-14-10-11-24(4)19-27)29(31(36)32-23(2)3)20-26-12-8-7-9-13-26/h7-19,23,29H,6,20-22H2,1-5H3,(H,32,36). The summed E-state index contributed by atoms with van der Waals surface area (Å²) in [5.74, 6) is -0.741. The van der Waals surface area contributed by atoms with Crippen molar-refractivity contribution in [2.24, 2.45) is 0 Å². The highest BCUT2D eigenvalue weighted by Crippen LogP contribution is 2.21.